The van der Waals surface area contributed by atoms with E-state index in [0.29, 0.717) is 5.56 Å². The van der Waals surface area contributed by atoms with Crippen LogP contribution in [0, 0.1) is 0 Å². The lowest BCUT2D eigenvalue weighted by Crippen LogP contribution is -1.93. The van der Waals surface area contributed by atoms with Crippen molar-refractivity contribution < 1.29 is 11.3 Å². The summed E-state index contributed by atoms with van der Waals surface area (Å²) in [5.74, 6) is 0. The third-order valence-corrected chi connectivity index (χ3v) is 8.77. The molecule has 1 nitrogen and oxygen atoms in total. The Balaban J connectivity index is 1.41. The second kappa shape index (κ2) is 10.4. The minimum absolute atomic E-state index is 0.187. The normalized spacial score (nSPS) is 13.1. The fourth-order valence-electron chi connectivity index (χ4n) is 6.95. The Kier molecular flexibility index (Phi) is 4.81. The fourth-order valence-corrected chi connectivity index (χ4v) is 6.95. The third kappa shape index (κ3) is 4.02. The quantitative estimate of drug-likeness (QED) is 0.190. The molecule has 0 unspecified atom stereocenters. The van der Waals surface area contributed by atoms with Crippen molar-refractivity contribution in [3.8, 4) is 44.5 Å². The first kappa shape index (κ1) is 20.9. The molecule has 1 heterocycles. The van der Waals surface area contributed by atoms with Crippen molar-refractivity contribution in [1.82, 2.24) is 0 Å². The van der Waals surface area contributed by atoms with E-state index in [0.717, 1.165) is 76.9 Å². The van der Waals surface area contributed by atoms with Crippen LogP contribution in [-0.2, 0) is 0 Å². The minimum Gasteiger partial charge on any atom is -0.456 e. The van der Waals surface area contributed by atoms with E-state index in [1.165, 1.54) is 0 Å². The summed E-state index contributed by atoms with van der Waals surface area (Å²) in [6.45, 7) is 0. The second-order valence-electron chi connectivity index (χ2n) is 11.2. The lowest BCUT2D eigenvalue weighted by molar-refractivity contribution is 0.669. The zero-order valence-electron chi connectivity index (χ0n) is 29.2. The zero-order valence-corrected chi connectivity index (χ0v) is 24.2. The van der Waals surface area contributed by atoms with E-state index >= 15 is 0 Å². The van der Waals surface area contributed by atoms with Crippen LogP contribution in [0.25, 0.3) is 88.0 Å². The average molecular weight is 578 g/mol. The van der Waals surface area contributed by atoms with Gasteiger partial charge in [-0.2, -0.15) is 0 Å². The number of benzene rings is 8. The Hall–Kier alpha value is -5.92. The van der Waals surface area contributed by atoms with Gasteiger partial charge in [0.15, 0.2) is 0 Å². The number of hydrogen-bond donors (Lipinski definition) is 0. The molecule has 0 saturated heterocycles. The molecule has 45 heavy (non-hydrogen) atoms. The predicted octanol–water partition coefficient (Wildman–Crippen LogP) is 12.6. The van der Waals surface area contributed by atoms with Crippen LogP contribution in [0.15, 0.2) is 174 Å². The second-order valence-corrected chi connectivity index (χ2v) is 11.2. The van der Waals surface area contributed by atoms with Crippen molar-refractivity contribution >= 4 is 43.5 Å². The van der Waals surface area contributed by atoms with E-state index in [1.54, 1.807) is 0 Å². The maximum atomic E-state index is 8.83. The number of fused-ring (bicyclic) bond motifs is 5. The average Bonchev–Trinajstić information content (AvgIpc) is 3.55. The first-order chi connectivity index (χ1) is 24.4. The molecule has 9 aromatic rings. The van der Waals surface area contributed by atoms with Crippen LogP contribution >= 0.6 is 0 Å². The number of rotatable bonds is 4. The first-order valence-corrected chi connectivity index (χ1v) is 15.0. The molecule has 0 spiro atoms. The molecular formula is C44H28O. The first-order valence-electron chi connectivity index (χ1n) is 17.5. The molecule has 9 rings (SSSR count). The van der Waals surface area contributed by atoms with E-state index < -0.39 is 6.04 Å². The van der Waals surface area contributed by atoms with Crippen LogP contribution in [0.1, 0.15) is 6.85 Å². The summed E-state index contributed by atoms with van der Waals surface area (Å²) in [6, 6.07) is 45.6. The van der Waals surface area contributed by atoms with Gasteiger partial charge in [-0.25, -0.2) is 0 Å². The van der Waals surface area contributed by atoms with Crippen molar-refractivity contribution in [2.75, 3.05) is 0 Å². The summed E-state index contributed by atoms with van der Waals surface area (Å²) >= 11 is 0. The van der Waals surface area contributed by atoms with Crippen molar-refractivity contribution in [2.45, 2.75) is 0 Å². The van der Waals surface area contributed by atoms with Crippen molar-refractivity contribution in [3.05, 3.63) is 170 Å². The van der Waals surface area contributed by atoms with Crippen molar-refractivity contribution in [3.63, 3.8) is 0 Å². The summed E-state index contributed by atoms with van der Waals surface area (Å²) in [7, 11) is 0. The van der Waals surface area contributed by atoms with Gasteiger partial charge in [0.2, 0.25) is 0 Å². The van der Waals surface area contributed by atoms with E-state index in [2.05, 4.69) is 72.8 Å². The van der Waals surface area contributed by atoms with E-state index in [4.69, 9.17) is 11.3 Å². The minimum atomic E-state index is -0.405. The van der Waals surface area contributed by atoms with Crippen LogP contribution in [0.4, 0.5) is 0 Å². The van der Waals surface area contributed by atoms with Gasteiger partial charge in [0.05, 0.1) is 6.85 Å². The van der Waals surface area contributed by atoms with Gasteiger partial charge in [0.25, 0.3) is 0 Å². The van der Waals surface area contributed by atoms with Gasteiger partial charge in [-0.05, 0) is 78.2 Å². The highest BCUT2D eigenvalue weighted by atomic mass is 16.3. The molecule has 0 amide bonds. The summed E-state index contributed by atoms with van der Waals surface area (Å²) in [6.07, 6.45) is 0. The van der Waals surface area contributed by atoms with Gasteiger partial charge in [0, 0.05) is 10.8 Å². The number of hydrogen-bond acceptors (Lipinski definition) is 1. The van der Waals surface area contributed by atoms with Gasteiger partial charge in [0.1, 0.15) is 11.2 Å². The van der Waals surface area contributed by atoms with Crippen LogP contribution < -0.4 is 0 Å². The zero-order chi connectivity index (χ0) is 34.1. The van der Waals surface area contributed by atoms with Gasteiger partial charge in [-0.1, -0.05) is 158 Å². The van der Waals surface area contributed by atoms with Gasteiger partial charge < -0.3 is 4.42 Å². The van der Waals surface area contributed by atoms with Crippen LogP contribution in [0.5, 0.6) is 0 Å². The molecule has 0 aliphatic rings. The molecule has 1 heteroatoms. The lowest BCUT2D eigenvalue weighted by atomic mass is 9.83. The van der Waals surface area contributed by atoms with Gasteiger partial charge in [-0.3, -0.25) is 0 Å². The molecule has 8 aromatic carbocycles. The highest BCUT2D eigenvalue weighted by Gasteiger charge is 2.22. The Morgan fingerprint density at radius 3 is 1.44 bits per heavy atom. The van der Waals surface area contributed by atoms with Gasteiger partial charge in [-0.15, -0.1) is 0 Å². The molecule has 0 aliphatic heterocycles. The van der Waals surface area contributed by atoms with E-state index in [1.807, 2.05) is 66.7 Å². The standard InChI is InChI=1S/C44H28O/c1-3-15-29(16-4-1)31-19-7-8-20-33(31)41-34-21-9-11-23-36(34)42(37-24-12-10-22-35(37)41)38-26-14-28-40-44(38)43-32(25-13-27-39(43)45-40)30-17-5-2-6-18-30/h1-28H/i1D,3D,4D,15D,16D. The monoisotopic (exact) mass is 577 g/mol. The predicted molar refractivity (Wildman–Crippen MR) is 190 cm³/mol. The Morgan fingerprint density at radius 1 is 0.356 bits per heavy atom. The summed E-state index contributed by atoms with van der Waals surface area (Å²) < 4.78 is 49.2. The highest BCUT2D eigenvalue weighted by molar-refractivity contribution is 6.27. The maximum absolute atomic E-state index is 8.83. The van der Waals surface area contributed by atoms with Crippen LogP contribution in [0.2, 0.25) is 0 Å². The SMILES string of the molecule is [2H]c1c([2H])c([2H])c(-c2ccccc2-c2c3ccccc3c(-c3cccc4oc5cccc(-c6ccccc6)c5c34)c3ccccc23)c([2H])c1[2H]. The topological polar surface area (TPSA) is 13.1 Å². The maximum Gasteiger partial charge on any atom is 0.136 e. The summed E-state index contributed by atoms with van der Waals surface area (Å²) in [4.78, 5) is 0. The number of furan rings is 1. The van der Waals surface area contributed by atoms with Crippen molar-refractivity contribution in [1.29, 1.82) is 0 Å². The Morgan fingerprint density at radius 2 is 0.822 bits per heavy atom. The van der Waals surface area contributed by atoms with E-state index in [9.17, 15) is 0 Å². The molecule has 1 aromatic heterocycles. The lowest BCUT2D eigenvalue weighted by Gasteiger charge is -2.20. The third-order valence-electron chi connectivity index (χ3n) is 8.77. The molecular weight excluding hydrogens is 544 g/mol. The molecule has 0 fully saturated rings. The Bertz CT molecular complexity index is 2730. The molecule has 0 radical (unpaired) electrons. The molecule has 0 atom stereocenters. The summed E-state index contributed by atoms with van der Waals surface area (Å²) in [5, 5.41) is 6.17. The largest absolute Gasteiger partial charge is 0.456 e. The van der Waals surface area contributed by atoms with Gasteiger partial charge >= 0.3 is 0 Å². The molecule has 0 N–H and O–H groups in total. The van der Waals surface area contributed by atoms with Crippen LogP contribution in [-0.4, -0.2) is 0 Å². The highest BCUT2D eigenvalue weighted by Crippen LogP contribution is 2.49. The molecule has 0 bridgehead atoms. The Labute approximate surface area is 268 Å². The van der Waals surface area contributed by atoms with E-state index in [-0.39, 0.29) is 29.7 Å². The molecule has 210 valence electrons. The van der Waals surface area contributed by atoms with Crippen molar-refractivity contribution in [2.24, 2.45) is 0 Å². The molecule has 0 saturated carbocycles. The fraction of sp³-hybridized carbons (Fsp3) is 0. The van der Waals surface area contributed by atoms with Crippen LogP contribution in [0.3, 0.4) is 0 Å². The summed E-state index contributed by atoms with van der Waals surface area (Å²) in [5.41, 5.74) is 8.50. The molecule has 0 aliphatic carbocycles. The smallest absolute Gasteiger partial charge is 0.136 e.